The van der Waals surface area contributed by atoms with Crippen LogP contribution in [0.1, 0.15) is 42.4 Å². The molecule has 2 aromatic carbocycles. The molecule has 0 radical (unpaired) electrons. The number of nitrogens with one attached hydrogen (secondary N) is 1. The predicted molar refractivity (Wildman–Crippen MR) is 129 cm³/mol. The molecule has 0 bridgehead atoms. The molecular weight excluding hydrogens is 458 g/mol. The molecule has 0 aliphatic heterocycles. The number of aryl methyl sites for hydroxylation is 1. The van der Waals surface area contributed by atoms with Crippen LogP contribution in [0.15, 0.2) is 24.3 Å². The van der Waals surface area contributed by atoms with Crippen LogP contribution < -0.4 is 20.5 Å². The molecule has 0 spiro atoms. The van der Waals surface area contributed by atoms with Gasteiger partial charge < -0.3 is 30.4 Å². The molecule has 0 saturated carbocycles. The molecule has 35 heavy (non-hydrogen) atoms. The van der Waals surface area contributed by atoms with Gasteiger partial charge >= 0.3 is 5.92 Å². The Bertz CT molecular complexity index is 1270. The molecule has 4 rings (SSSR count). The van der Waals surface area contributed by atoms with E-state index in [0.717, 1.165) is 6.92 Å². The topological polar surface area (TPSA) is 112 Å². The van der Waals surface area contributed by atoms with E-state index in [1.165, 1.54) is 6.07 Å². The van der Waals surface area contributed by atoms with E-state index in [0.29, 0.717) is 58.4 Å². The zero-order valence-electron chi connectivity index (χ0n) is 20.4. The van der Waals surface area contributed by atoms with E-state index in [2.05, 4.69) is 15.3 Å². The summed E-state index contributed by atoms with van der Waals surface area (Å²) >= 11 is 0. The number of benzene rings is 2. The summed E-state index contributed by atoms with van der Waals surface area (Å²) in [6.07, 6.45) is -0.185. The summed E-state index contributed by atoms with van der Waals surface area (Å²) in [6, 6.07) is 5.99. The van der Waals surface area contributed by atoms with Gasteiger partial charge in [0.2, 0.25) is 0 Å². The molecule has 10 heteroatoms. The molecule has 1 aliphatic carbocycles. The second kappa shape index (κ2) is 9.09. The van der Waals surface area contributed by atoms with Gasteiger partial charge in [-0.1, -0.05) is 0 Å². The van der Waals surface area contributed by atoms with E-state index in [4.69, 9.17) is 19.9 Å². The van der Waals surface area contributed by atoms with Gasteiger partial charge in [-0.2, -0.15) is 8.78 Å². The van der Waals surface area contributed by atoms with E-state index in [-0.39, 0.29) is 17.7 Å². The molecule has 1 aromatic heterocycles. The van der Waals surface area contributed by atoms with Crippen LogP contribution in [0.4, 0.5) is 20.3 Å². The fourth-order valence-electron chi connectivity index (χ4n) is 4.48. The maximum atomic E-state index is 14.9. The Labute approximate surface area is 202 Å². The molecule has 0 amide bonds. The molecule has 4 N–H and O–H groups in total. The first-order valence-electron chi connectivity index (χ1n) is 11.3. The predicted octanol–water partition coefficient (Wildman–Crippen LogP) is 4.13. The van der Waals surface area contributed by atoms with Crippen LogP contribution in [0.2, 0.25) is 0 Å². The van der Waals surface area contributed by atoms with Crippen molar-refractivity contribution in [2.24, 2.45) is 0 Å². The number of rotatable bonds is 8. The molecule has 2 atom stereocenters. The van der Waals surface area contributed by atoms with Crippen LogP contribution in [-0.4, -0.2) is 48.1 Å². The summed E-state index contributed by atoms with van der Waals surface area (Å²) < 4.78 is 46.1. The van der Waals surface area contributed by atoms with E-state index in [1.54, 1.807) is 39.3 Å². The van der Waals surface area contributed by atoms with Crippen LogP contribution in [0.25, 0.3) is 10.9 Å². The summed E-state index contributed by atoms with van der Waals surface area (Å²) in [5.74, 6) is -1.36. The SMILES string of the molecule is COCCOc1cc2c(NC(C)c3cc(N)cc4c3CC(C)(O)C4(F)F)nc(C)nc2cc1OC. The number of aliphatic hydroxyl groups is 1. The summed E-state index contributed by atoms with van der Waals surface area (Å²) in [4.78, 5) is 9.07. The first-order chi connectivity index (χ1) is 16.5. The van der Waals surface area contributed by atoms with E-state index < -0.39 is 17.6 Å². The highest BCUT2D eigenvalue weighted by atomic mass is 19.3. The average molecular weight is 489 g/mol. The van der Waals surface area contributed by atoms with Gasteiger partial charge in [0.05, 0.1) is 25.3 Å². The lowest BCUT2D eigenvalue weighted by molar-refractivity contribution is -0.165. The van der Waals surface area contributed by atoms with Crippen LogP contribution >= 0.6 is 0 Å². The van der Waals surface area contributed by atoms with Gasteiger partial charge in [-0.25, -0.2) is 9.97 Å². The number of fused-ring (bicyclic) bond motifs is 2. The highest BCUT2D eigenvalue weighted by molar-refractivity contribution is 5.92. The second-order valence-electron chi connectivity index (χ2n) is 9.01. The van der Waals surface area contributed by atoms with Crippen LogP contribution in [0, 0.1) is 6.92 Å². The molecule has 1 aliphatic rings. The molecule has 188 valence electrons. The lowest BCUT2D eigenvalue weighted by Gasteiger charge is -2.25. The third-order valence-corrected chi connectivity index (χ3v) is 6.30. The van der Waals surface area contributed by atoms with Crippen molar-refractivity contribution in [3.8, 4) is 11.5 Å². The zero-order valence-corrected chi connectivity index (χ0v) is 20.4. The number of hydrogen-bond acceptors (Lipinski definition) is 8. The number of nitrogens with zero attached hydrogens (tertiary/aromatic N) is 2. The van der Waals surface area contributed by atoms with Gasteiger partial charge in [0, 0.05) is 36.2 Å². The first-order valence-corrected chi connectivity index (χ1v) is 11.3. The molecular formula is C25H30F2N4O4. The summed E-state index contributed by atoms with van der Waals surface area (Å²) in [7, 11) is 3.13. The monoisotopic (exact) mass is 488 g/mol. The smallest absolute Gasteiger partial charge is 0.301 e. The van der Waals surface area contributed by atoms with Crippen LogP contribution in [-0.2, 0) is 17.1 Å². The minimum Gasteiger partial charge on any atom is -0.493 e. The van der Waals surface area contributed by atoms with Crippen molar-refractivity contribution in [1.82, 2.24) is 9.97 Å². The quantitative estimate of drug-likeness (QED) is 0.321. The minimum atomic E-state index is -3.41. The number of aromatic nitrogens is 2. The Balaban J connectivity index is 1.76. The third kappa shape index (κ3) is 4.43. The van der Waals surface area contributed by atoms with Crippen LogP contribution in [0.3, 0.4) is 0 Å². The maximum Gasteiger partial charge on any atom is 0.301 e. The minimum absolute atomic E-state index is 0.185. The lowest BCUT2D eigenvalue weighted by Crippen LogP contribution is -2.39. The molecule has 0 fully saturated rings. The van der Waals surface area contributed by atoms with Crippen molar-refractivity contribution in [2.45, 2.75) is 44.8 Å². The Kier molecular flexibility index (Phi) is 6.46. The van der Waals surface area contributed by atoms with Crippen molar-refractivity contribution in [1.29, 1.82) is 0 Å². The zero-order chi connectivity index (χ0) is 25.5. The summed E-state index contributed by atoms with van der Waals surface area (Å²) in [6.45, 7) is 5.48. The first kappa shape index (κ1) is 24.9. The van der Waals surface area contributed by atoms with Crippen molar-refractivity contribution in [3.63, 3.8) is 0 Å². The van der Waals surface area contributed by atoms with Crippen molar-refractivity contribution in [2.75, 3.05) is 38.5 Å². The average Bonchev–Trinajstić information content (AvgIpc) is 2.97. The number of anilines is 2. The number of ether oxygens (including phenoxy) is 3. The van der Waals surface area contributed by atoms with E-state index in [9.17, 15) is 13.9 Å². The highest BCUT2D eigenvalue weighted by Crippen LogP contribution is 2.51. The normalized spacial score (nSPS) is 19.4. The summed E-state index contributed by atoms with van der Waals surface area (Å²) in [5, 5.41) is 14.4. The number of nitrogen functional groups attached to an aromatic ring is 1. The van der Waals surface area contributed by atoms with Gasteiger partial charge in [0.15, 0.2) is 11.5 Å². The van der Waals surface area contributed by atoms with Crippen molar-refractivity contribution in [3.05, 3.63) is 46.8 Å². The van der Waals surface area contributed by atoms with Gasteiger partial charge in [-0.3, -0.25) is 0 Å². The fourth-order valence-corrected chi connectivity index (χ4v) is 4.48. The largest absolute Gasteiger partial charge is 0.493 e. The van der Waals surface area contributed by atoms with Crippen molar-refractivity contribution >= 4 is 22.4 Å². The maximum absolute atomic E-state index is 14.9. The highest BCUT2D eigenvalue weighted by Gasteiger charge is 2.57. The standard InChI is InChI=1S/C25H30F2N4O4/c1-13(16-8-15(28)9-19-18(16)12-24(3,32)25(19,26)27)29-23-17-10-22(35-7-6-33-4)21(34-5)11-20(17)30-14(2)31-23/h8-11,13,32H,6-7,12,28H2,1-5H3,(H,29,30,31). The van der Waals surface area contributed by atoms with Gasteiger partial charge in [0.1, 0.15) is 23.9 Å². The van der Waals surface area contributed by atoms with Crippen molar-refractivity contribution < 1.29 is 28.1 Å². The number of halogens is 2. The van der Waals surface area contributed by atoms with E-state index >= 15 is 0 Å². The molecule has 8 nitrogen and oxygen atoms in total. The summed E-state index contributed by atoms with van der Waals surface area (Å²) in [5.41, 5.74) is 5.35. The number of methoxy groups -OCH3 is 2. The number of nitrogens with two attached hydrogens (primary N) is 1. The number of hydrogen-bond donors (Lipinski definition) is 3. The molecule has 0 saturated heterocycles. The Morgan fingerprint density at radius 3 is 2.57 bits per heavy atom. The molecule has 3 aromatic rings. The Hall–Kier alpha value is -3.24. The Morgan fingerprint density at radius 2 is 1.89 bits per heavy atom. The molecule has 2 unspecified atom stereocenters. The van der Waals surface area contributed by atoms with Crippen LogP contribution in [0.5, 0.6) is 11.5 Å². The third-order valence-electron chi connectivity index (χ3n) is 6.30. The fraction of sp³-hybridized carbons (Fsp3) is 0.440. The second-order valence-corrected chi connectivity index (χ2v) is 9.01. The number of alkyl halides is 2. The van der Waals surface area contributed by atoms with Gasteiger partial charge in [-0.15, -0.1) is 0 Å². The Morgan fingerprint density at radius 1 is 1.14 bits per heavy atom. The van der Waals surface area contributed by atoms with E-state index in [1.807, 2.05) is 6.92 Å². The van der Waals surface area contributed by atoms with Gasteiger partial charge in [0.25, 0.3) is 0 Å². The molecule has 1 heterocycles. The lowest BCUT2D eigenvalue weighted by atomic mass is 9.96. The van der Waals surface area contributed by atoms with Gasteiger partial charge in [-0.05, 0) is 50.1 Å².